The zero-order chi connectivity index (χ0) is 16.4. The Hall–Kier alpha value is -1.97. The van der Waals surface area contributed by atoms with E-state index in [0.717, 1.165) is 40.6 Å². The van der Waals surface area contributed by atoms with Crippen molar-refractivity contribution in [2.75, 3.05) is 30.8 Å². The van der Waals surface area contributed by atoms with Gasteiger partial charge in [-0.3, -0.25) is 0 Å². The van der Waals surface area contributed by atoms with Crippen LogP contribution in [0.2, 0.25) is 5.02 Å². The molecule has 0 unspecified atom stereocenters. The Balaban J connectivity index is 1.96. The van der Waals surface area contributed by atoms with Crippen LogP contribution in [0.5, 0.6) is 0 Å². The maximum atomic E-state index is 6.32. The van der Waals surface area contributed by atoms with Gasteiger partial charge in [0.2, 0.25) is 0 Å². The highest BCUT2D eigenvalue weighted by molar-refractivity contribution is 6.31. The van der Waals surface area contributed by atoms with E-state index in [1.165, 1.54) is 5.56 Å². The molecule has 0 atom stereocenters. The zero-order valence-corrected chi connectivity index (χ0v) is 14.3. The average Bonchev–Trinajstić information content (AvgIpc) is 2.53. The number of hydrogen-bond acceptors (Lipinski definition) is 3. The predicted octanol–water partition coefficient (Wildman–Crippen LogP) is 4.24. The smallest absolute Gasteiger partial charge is 0.0877 e. The number of rotatable bonds is 5. The van der Waals surface area contributed by atoms with Gasteiger partial charge in [-0.2, -0.15) is 0 Å². The molecule has 1 saturated heterocycles. The third kappa shape index (κ3) is 2.82. The van der Waals surface area contributed by atoms with Crippen LogP contribution in [-0.4, -0.2) is 20.1 Å². The molecular formula is C19H22ClN3. The number of hydrogen-bond donors (Lipinski definition) is 3. The highest BCUT2D eigenvalue weighted by Crippen LogP contribution is 2.35. The van der Waals surface area contributed by atoms with Gasteiger partial charge in [0.15, 0.2) is 0 Å². The van der Waals surface area contributed by atoms with E-state index in [-0.39, 0.29) is 5.54 Å². The SMILES string of the molecule is C=Cc1ccc(NC2(c3cccc(Cl)c3C)CNC2)cc1NC. The van der Waals surface area contributed by atoms with Gasteiger partial charge in [0.05, 0.1) is 5.54 Å². The Labute approximate surface area is 142 Å². The van der Waals surface area contributed by atoms with Gasteiger partial charge in [-0.15, -0.1) is 0 Å². The molecule has 0 aliphatic carbocycles. The number of nitrogens with one attached hydrogen (secondary N) is 3. The summed E-state index contributed by atoms with van der Waals surface area (Å²) in [5.41, 5.74) is 5.52. The molecule has 1 fully saturated rings. The van der Waals surface area contributed by atoms with Crippen molar-refractivity contribution in [3.05, 3.63) is 64.7 Å². The molecule has 0 spiro atoms. The Bertz CT molecular complexity index is 735. The van der Waals surface area contributed by atoms with Crippen LogP contribution in [0.4, 0.5) is 11.4 Å². The van der Waals surface area contributed by atoms with E-state index in [2.05, 4.69) is 53.7 Å². The van der Waals surface area contributed by atoms with Crippen LogP contribution in [-0.2, 0) is 5.54 Å². The number of anilines is 2. The fraction of sp³-hybridized carbons (Fsp3) is 0.263. The number of benzene rings is 2. The molecule has 0 amide bonds. The van der Waals surface area contributed by atoms with Crippen LogP contribution in [0, 0.1) is 6.92 Å². The molecule has 1 heterocycles. The van der Waals surface area contributed by atoms with Crippen molar-refractivity contribution >= 4 is 29.1 Å². The first-order valence-corrected chi connectivity index (χ1v) is 8.16. The lowest BCUT2D eigenvalue weighted by Gasteiger charge is -2.45. The first-order chi connectivity index (χ1) is 11.1. The largest absolute Gasteiger partial charge is 0.388 e. The molecule has 23 heavy (non-hydrogen) atoms. The van der Waals surface area contributed by atoms with Gasteiger partial charge in [0.25, 0.3) is 0 Å². The van der Waals surface area contributed by atoms with Gasteiger partial charge in [0, 0.05) is 36.5 Å². The van der Waals surface area contributed by atoms with E-state index in [9.17, 15) is 0 Å². The second-order valence-corrected chi connectivity index (χ2v) is 6.39. The van der Waals surface area contributed by atoms with E-state index in [1.54, 1.807) is 0 Å². The monoisotopic (exact) mass is 327 g/mol. The Morgan fingerprint density at radius 3 is 2.65 bits per heavy atom. The quantitative estimate of drug-likeness (QED) is 0.768. The molecule has 1 aliphatic rings. The van der Waals surface area contributed by atoms with Gasteiger partial charge in [0.1, 0.15) is 0 Å². The maximum absolute atomic E-state index is 6.32. The van der Waals surface area contributed by atoms with Gasteiger partial charge in [-0.25, -0.2) is 0 Å². The molecule has 0 aromatic heterocycles. The van der Waals surface area contributed by atoms with Crippen LogP contribution in [0.3, 0.4) is 0 Å². The molecular weight excluding hydrogens is 306 g/mol. The minimum atomic E-state index is -0.115. The third-order valence-electron chi connectivity index (χ3n) is 4.56. The lowest BCUT2D eigenvalue weighted by molar-refractivity contribution is 0.316. The fourth-order valence-electron chi connectivity index (χ4n) is 3.15. The van der Waals surface area contributed by atoms with Crippen molar-refractivity contribution in [3.63, 3.8) is 0 Å². The first kappa shape index (κ1) is 15.9. The van der Waals surface area contributed by atoms with Crippen molar-refractivity contribution in [3.8, 4) is 0 Å². The summed E-state index contributed by atoms with van der Waals surface area (Å²) in [5, 5.41) is 11.1. The first-order valence-electron chi connectivity index (χ1n) is 7.78. The summed E-state index contributed by atoms with van der Waals surface area (Å²) in [6, 6.07) is 12.4. The van der Waals surface area contributed by atoms with Crippen molar-refractivity contribution in [1.29, 1.82) is 0 Å². The Morgan fingerprint density at radius 2 is 2.04 bits per heavy atom. The predicted molar refractivity (Wildman–Crippen MR) is 100 cm³/mol. The van der Waals surface area contributed by atoms with E-state index >= 15 is 0 Å². The Morgan fingerprint density at radius 1 is 1.26 bits per heavy atom. The lowest BCUT2D eigenvalue weighted by Crippen LogP contribution is -2.61. The molecule has 1 aliphatic heterocycles. The second-order valence-electron chi connectivity index (χ2n) is 5.98. The highest BCUT2D eigenvalue weighted by Gasteiger charge is 2.40. The van der Waals surface area contributed by atoms with E-state index in [1.807, 2.05) is 25.3 Å². The van der Waals surface area contributed by atoms with Gasteiger partial charge >= 0.3 is 0 Å². The molecule has 3 N–H and O–H groups in total. The molecule has 0 bridgehead atoms. The van der Waals surface area contributed by atoms with Crippen LogP contribution in [0.1, 0.15) is 16.7 Å². The summed E-state index contributed by atoms with van der Waals surface area (Å²) < 4.78 is 0. The minimum Gasteiger partial charge on any atom is -0.388 e. The summed E-state index contributed by atoms with van der Waals surface area (Å²) in [5.74, 6) is 0. The summed E-state index contributed by atoms with van der Waals surface area (Å²) >= 11 is 6.32. The Kier molecular flexibility index (Phi) is 4.33. The zero-order valence-electron chi connectivity index (χ0n) is 13.5. The number of halogens is 1. The van der Waals surface area contributed by atoms with Crippen LogP contribution in [0.25, 0.3) is 6.08 Å². The third-order valence-corrected chi connectivity index (χ3v) is 4.97. The van der Waals surface area contributed by atoms with Crippen LogP contribution in [0.15, 0.2) is 43.0 Å². The summed E-state index contributed by atoms with van der Waals surface area (Å²) in [7, 11) is 1.92. The summed E-state index contributed by atoms with van der Waals surface area (Å²) in [4.78, 5) is 0. The normalized spacial score (nSPS) is 15.6. The topological polar surface area (TPSA) is 36.1 Å². The van der Waals surface area contributed by atoms with Gasteiger partial charge in [-0.1, -0.05) is 42.5 Å². The van der Waals surface area contributed by atoms with Crippen molar-refractivity contribution in [2.45, 2.75) is 12.5 Å². The molecule has 2 aromatic carbocycles. The highest BCUT2D eigenvalue weighted by atomic mass is 35.5. The summed E-state index contributed by atoms with van der Waals surface area (Å²) in [6.45, 7) is 7.70. The molecule has 4 heteroatoms. The molecule has 3 nitrogen and oxygen atoms in total. The molecule has 120 valence electrons. The standard InChI is InChI=1S/C19H22ClN3/c1-4-14-8-9-15(10-18(14)21-3)23-19(11-22-12-19)16-6-5-7-17(20)13(16)2/h4-10,21-23H,1,11-12H2,2-3H3. The average molecular weight is 328 g/mol. The van der Waals surface area contributed by atoms with Crippen LogP contribution < -0.4 is 16.0 Å². The van der Waals surface area contributed by atoms with E-state index in [0.29, 0.717) is 0 Å². The minimum absolute atomic E-state index is 0.115. The summed E-state index contributed by atoms with van der Waals surface area (Å²) in [6.07, 6.45) is 1.86. The fourth-order valence-corrected chi connectivity index (χ4v) is 3.33. The van der Waals surface area contributed by atoms with E-state index in [4.69, 9.17) is 11.6 Å². The van der Waals surface area contributed by atoms with Crippen molar-refractivity contribution in [2.24, 2.45) is 0 Å². The van der Waals surface area contributed by atoms with Crippen LogP contribution >= 0.6 is 11.6 Å². The molecule has 3 rings (SSSR count). The maximum Gasteiger partial charge on any atom is 0.0877 e. The lowest BCUT2D eigenvalue weighted by atomic mass is 9.81. The molecule has 0 saturated carbocycles. The molecule has 2 aromatic rings. The van der Waals surface area contributed by atoms with Crippen molar-refractivity contribution < 1.29 is 0 Å². The van der Waals surface area contributed by atoms with Gasteiger partial charge < -0.3 is 16.0 Å². The molecule has 0 radical (unpaired) electrons. The van der Waals surface area contributed by atoms with E-state index < -0.39 is 0 Å². The van der Waals surface area contributed by atoms with Gasteiger partial charge in [-0.05, 0) is 41.8 Å². The second kappa shape index (κ2) is 6.26. The van der Waals surface area contributed by atoms with Crippen molar-refractivity contribution in [1.82, 2.24) is 5.32 Å².